The summed E-state index contributed by atoms with van der Waals surface area (Å²) in [5, 5.41) is 7.59. The summed E-state index contributed by atoms with van der Waals surface area (Å²) in [6.07, 6.45) is 2.69. The lowest BCUT2D eigenvalue weighted by Crippen LogP contribution is -2.34. The standard InChI is InChI=1S/C13H21N3OS/c1-8-13(18-10(3)15-8)9(2)16-11-5-4-6-14-12(17)7-11/h9,11,16H,4-7H2,1-3H3,(H,14,17). The third-order valence-electron chi connectivity index (χ3n) is 3.30. The number of hydrogen-bond acceptors (Lipinski definition) is 4. The summed E-state index contributed by atoms with van der Waals surface area (Å²) in [4.78, 5) is 17.3. The predicted molar refractivity (Wildman–Crippen MR) is 73.8 cm³/mol. The van der Waals surface area contributed by atoms with Crippen molar-refractivity contribution in [3.63, 3.8) is 0 Å². The van der Waals surface area contributed by atoms with Crippen LogP contribution in [0, 0.1) is 13.8 Å². The second-order valence-corrected chi connectivity index (χ2v) is 6.20. The first kappa shape index (κ1) is 13.5. The molecular formula is C13H21N3OS. The molecule has 2 heterocycles. The normalized spacial score (nSPS) is 22.4. The monoisotopic (exact) mass is 267 g/mol. The van der Waals surface area contributed by atoms with E-state index in [0.717, 1.165) is 30.1 Å². The van der Waals surface area contributed by atoms with Crippen LogP contribution in [0.3, 0.4) is 0 Å². The minimum atomic E-state index is 0.161. The van der Waals surface area contributed by atoms with Crippen LogP contribution in [0.25, 0.3) is 0 Å². The van der Waals surface area contributed by atoms with Crippen LogP contribution in [0.5, 0.6) is 0 Å². The molecule has 1 amide bonds. The molecular weight excluding hydrogens is 246 g/mol. The maximum Gasteiger partial charge on any atom is 0.221 e. The van der Waals surface area contributed by atoms with Crippen molar-refractivity contribution in [3.05, 3.63) is 15.6 Å². The summed E-state index contributed by atoms with van der Waals surface area (Å²) in [7, 11) is 0. The van der Waals surface area contributed by atoms with E-state index in [-0.39, 0.29) is 18.0 Å². The maximum atomic E-state index is 11.5. The van der Waals surface area contributed by atoms with Gasteiger partial charge in [-0.15, -0.1) is 11.3 Å². The van der Waals surface area contributed by atoms with Crippen LogP contribution in [0.4, 0.5) is 0 Å². The number of carbonyl (C=O) groups is 1. The molecule has 1 aliphatic rings. The van der Waals surface area contributed by atoms with Crippen molar-refractivity contribution in [3.8, 4) is 0 Å². The van der Waals surface area contributed by atoms with Gasteiger partial charge in [-0.3, -0.25) is 4.79 Å². The van der Waals surface area contributed by atoms with Gasteiger partial charge in [-0.1, -0.05) is 0 Å². The first-order valence-electron chi connectivity index (χ1n) is 6.53. The van der Waals surface area contributed by atoms with E-state index in [2.05, 4.69) is 29.5 Å². The summed E-state index contributed by atoms with van der Waals surface area (Å²) in [6.45, 7) is 7.05. The van der Waals surface area contributed by atoms with Gasteiger partial charge in [0.2, 0.25) is 5.91 Å². The number of hydrogen-bond donors (Lipinski definition) is 2. The molecule has 2 atom stereocenters. The minimum absolute atomic E-state index is 0.161. The molecule has 4 nitrogen and oxygen atoms in total. The van der Waals surface area contributed by atoms with E-state index in [9.17, 15) is 4.79 Å². The lowest BCUT2D eigenvalue weighted by atomic mass is 10.1. The van der Waals surface area contributed by atoms with E-state index in [1.165, 1.54) is 4.88 Å². The van der Waals surface area contributed by atoms with E-state index in [0.29, 0.717) is 6.42 Å². The predicted octanol–water partition coefficient (Wildman–Crippen LogP) is 2.08. The Morgan fingerprint density at radius 1 is 1.50 bits per heavy atom. The topological polar surface area (TPSA) is 54.0 Å². The zero-order chi connectivity index (χ0) is 13.1. The maximum absolute atomic E-state index is 11.5. The second kappa shape index (κ2) is 5.80. The fraction of sp³-hybridized carbons (Fsp3) is 0.692. The van der Waals surface area contributed by atoms with E-state index < -0.39 is 0 Å². The summed E-state index contributed by atoms with van der Waals surface area (Å²) < 4.78 is 0. The molecule has 0 spiro atoms. The molecule has 1 fully saturated rings. The Morgan fingerprint density at radius 3 is 2.94 bits per heavy atom. The highest BCUT2D eigenvalue weighted by atomic mass is 32.1. The molecule has 0 aromatic carbocycles. The highest BCUT2D eigenvalue weighted by Crippen LogP contribution is 2.25. The average Bonchev–Trinajstić information content (AvgIpc) is 2.50. The van der Waals surface area contributed by atoms with Gasteiger partial charge in [-0.25, -0.2) is 4.98 Å². The van der Waals surface area contributed by atoms with Crippen molar-refractivity contribution >= 4 is 17.2 Å². The minimum Gasteiger partial charge on any atom is -0.356 e. The zero-order valence-electron chi connectivity index (χ0n) is 11.2. The van der Waals surface area contributed by atoms with E-state index >= 15 is 0 Å². The Kier molecular flexibility index (Phi) is 4.35. The molecule has 1 aromatic heterocycles. The number of aromatic nitrogens is 1. The molecule has 0 saturated carbocycles. The average molecular weight is 267 g/mol. The largest absolute Gasteiger partial charge is 0.356 e. The van der Waals surface area contributed by atoms with Crippen LogP contribution in [-0.4, -0.2) is 23.5 Å². The van der Waals surface area contributed by atoms with Crippen molar-refractivity contribution in [2.75, 3.05) is 6.54 Å². The molecule has 100 valence electrons. The molecule has 0 aliphatic carbocycles. The van der Waals surface area contributed by atoms with E-state index in [1.54, 1.807) is 11.3 Å². The molecule has 1 saturated heterocycles. The van der Waals surface area contributed by atoms with Crippen LogP contribution in [0.1, 0.15) is 47.8 Å². The number of aryl methyl sites for hydroxylation is 2. The number of nitrogens with zero attached hydrogens (tertiary/aromatic N) is 1. The van der Waals surface area contributed by atoms with Crippen molar-refractivity contribution in [1.82, 2.24) is 15.6 Å². The summed E-state index contributed by atoms with van der Waals surface area (Å²) in [5.74, 6) is 0.161. The number of thiazole rings is 1. The molecule has 2 unspecified atom stereocenters. The van der Waals surface area contributed by atoms with Gasteiger partial charge in [-0.2, -0.15) is 0 Å². The van der Waals surface area contributed by atoms with Gasteiger partial charge in [0.25, 0.3) is 0 Å². The van der Waals surface area contributed by atoms with Gasteiger partial charge in [-0.05, 0) is 33.6 Å². The highest BCUT2D eigenvalue weighted by molar-refractivity contribution is 7.11. The molecule has 1 aromatic rings. The summed E-state index contributed by atoms with van der Waals surface area (Å²) in [6, 6.07) is 0.552. The third-order valence-corrected chi connectivity index (χ3v) is 4.56. The van der Waals surface area contributed by atoms with Crippen LogP contribution in [-0.2, 0) is 4.79 Å². The number of nitrogens with one attached hydrogen (secondary N) is 2. The Hall–Kier alpha value is -0.940. The van der Waals surface area contributed by atoms with Crippen molar-refractivity contribution < 1.29 is 4.79 Å². The second-order valence-electron chi connectivity index (χ2n) is 4.96. The van der Waals surface area contributed by atoms with Gasteiger partial charge in [0, 0.05) is 29.9 Å². The SMILES string of the molecule is Cc1nc(C)c(C(C)NC2CCCNC(=O)C2)s1. The van der Waals surface area contributed by atoms with Crippen LogP contribution in [0.2, 0.25) is 0 Å². The van der Waals surface area contributed by atoms with E-state index in [4.69, 9.17) is 0 Å². The van der Waals surface area contributed by atoms with Crippen molar-refractivity contribution in [2.24, 2.45) is 0 Å². The Morgan fingerprint density at radius 2 is 2.28 bits per heavy atom. The zero-order valence-corrected chi connectivity index (χ0v) is 12.1. The van der Waals surface area contributed by atoms with E-state index in [1.807, 2.05) is 6.92 Å². The third kappa shape index (κ3) is 3.29. The lowest BCUT2D eigenvalue weighted by Gasteiger charge is -2.20. The highest BCUT2D eigenvalue weighted by Gasteiger charge is 2.21. The molecule has 1 aliphatic heterocycles. The molecule has 5 heteroatoms. The van der Waals surface area contributed by atoms with Gasteiger partial charge < -0.3 is 10.6 Å². The van der Waals surface area contributed by atoms with Gasteiger partial charge in [0.1, 0.15) is 0 Å². The molecule has 18 heavy (non-hydrogen) atoms. The quantitative estimate of drug-likeness (QED) is 0.881. The van der Waals surface area contributed by atoms with Gasteiger partial charge in [0.15, 0.2) is 0 Å². The Balaban J connectivity index is 1.99. The number of amides is 1. The smallest absolute Gasteiger partial charge is 0.221 e. The number of carbonyl (C=O) groups excluding carboxylic acids is 1. The first-order chi connectivity index (χ1) is 8.56. The number of rotatable bonds is 3. The Bertz CT molecular complexity index is 430. The Labute approximate surface area is 112 Å². The van der Waals surface area contributed by atoms with Crippen molar-refractivity contribution in [2.45, 2.75) is 52.1 Å². The van der Waals surface area contributed by atoms with Crippen molar-refractivity contribution in [1.29, 1.82) is 0 Å². The molecule has 0 radical (unpaired) electrons. The molecule has 2 rings (SSSR count). The van der Waals surface area contributed by atoms with Crippen LogP contribution in [0.15, 0.2) is 0 Å². The van der Waals surface area contributed by atoms with Crippen LogP contribution >= 0.6 is 11.3 Å². The summed E-state index contributed by atoms with van der Waals surface area (Å²) in [5.41, 5.74) is 1.11. The van der Waals surface area contributed by atoms with Crippen LogP contribution < -0.4 is 10.6 Å². The summed E-state index contributed by atoms with van der Waals surface area (Å²) >= 11 is 1.74. The first-order valence-corrected chi connectivity index (χ1v) is 7.34. The molecule has 2 N–H and O–H groups in total. The fourth-order valence-electron chi connectivity index (χ4n) is 2.49. The lowest BCUT2D eigenvalue weighted by molar-refractivity contribution is -0.121. The van der Waals surface area contributed by atoms with Gasteiger partial charge >= 0.3 is 0 Å². The fourth-order valence-corrected chi connectivity index (χ4v) is 3.43. The van der Waals surface area contributed by atoms with Gasteiger partial charge in [0.05, 0.1) is 10.7 Å². The molecule has 0 bridgehead atoms.